The average Bonchev–Trinajstić information content (AvgIpc) is 2.70. The second-order valence-electron chi connectivity index (χ2n) is 4.24. The van der Waals surface area contributed by atoms with Crippen LogP contribution in [0.4, 0.5) is 0 Å². The number of amidine groups is 1. The largest absolute Gasteiger partial charge is 0.486 e. The Morgan fingerprint density at radius 1 is 1.50 bits per heavy atom. The number of aryl methyl sites for hydroxylation is 2. The monoisotopic (exact) mass is 294 g/mol. The molecule has 1 aromatic heterocycles. The molecule has 0 aliphatic carbocycles. The van der Waals surface area contributed by atoms with Gasteiger partial charge in [-0.05, 0) is 19.1 Å². The Labute approximate surface area is 121 Å². The third-order valence-corrected chi connectivity index (χ3v) is 3.39. The fraction of sp³-hybridized carbons (Fsp3) is 0.231. The van der Waals surface area contributed by atoms with E-state index < -0.39 is 0 Å². The highest BCUT2D eigenvalue weighted by atomic mass is 35.5. The molecule has 2 aromatic rings. The molecule has 0 amide bonds. The molecule has 0 bridgehead atoms. The Hall–Kier alpha value is -2.21. The standard InChI is InChI=1S/C13H15ClN4O2/c1-8-12(14)10(18(2)16-8)7-20-11-6-4-3-5-9(11)13(15)17-19/h3-6,19H,7H2,1-2H3,(H2,15,17). The summed E-state index contributed by atoms with van der Waals surface area (Å²) in [7, 11) is 1.80. The molecule has 20 heavy (non-hydrogen) atoms. The minimum absolute atomic E-state index is 0.00659. The summed E-state index contributed by atoms with van der Waals surface area (Å²) in [6.45, 7) is 2.07. The lowest BCUT2D eigenvalue weighted by molar-refractivity contribution is 0.293. The summed E-state index contributed by atoms with van der Waals surface area (Å²) in [4.78, 5) is 0. The van der Waals surface area contributed by atoms with Crippen molar-refractivity contribution in [3.63, 3.8) is 0 Å². The SMILES string of the molecule is Cc1nn(C)c(COc2ccccc2C(N)=NO)c1Cl. The van der Waals surface area contributed by atoms with Crippen LogP contribution in [0.2, 0.25) is 5.02 Å². The molecule has 0 fully saturated rings. The minimum Gasteiger partial charge on any atom is -0.486 e. The van der Waals surface area contributed by atoms with Crippen molar-refractivity contribution in [2.24, 2.45) is 17.9 Å². The van der Waals surface area contributed by atoms with Crippen molar-refractivity contribution in [3.05, 3.63) is 46.2 Å². The summed E-state index contributed by atoms with van der Waals surface area (Å²) >= 11 is 6.16. The van der Waals surface area contributed by atoms with Gasteiger partial charge in [0.05, 0.1) is 22.0 Å². The first kappa shape index (κ1) is 14.2. The summed E-state index contributed by atoms with van der Waals surface area (Å²) in [5.74, 6) is 0.505. The zero-order valence-electron chi connectivity index (χ0n) is 11.2. The van der Waals surface area contributed by atoms with Crippen molar-refractivity contribution >= 4 is 17.4 Å². The van der Waals surface area contributed by atoms with Gasteiger partial charge in [0.25, 0.3) is 0 Å². The van der Waals surface area contributed by atoms with Crippen molar-refractivity contribution in [3.8, 4) is 5.75 Å². The topological polar surface area (TPSA) is 85.7 Å². The highest BCUT2D eigenvalue weighted by Gasteiger charge is 2.13. The van der Waals surface area contributed by atoms with Crippen molar-refractivity contribution in [2.45, 2.75) is 13.5 Å². The van der Waals surface area contributed by atoms with E-state index >= 15 is 0 Å². The van der Waals surface area contributed by atoms with Crippen LogP contribution < -0.4 is 10.5 Å². The van der Waals surface area contributed by atoms with Crippen LogP contribution in [0.15, 0.2) is 29.4 Å². The van der Waals surface area contributed by atoms with Gasteiger partial charge in [-0.2, -0.15) is 5.10 Å². The molecule has 0 spiro atoms. The van der Waals surface area contributed by atoms with Crippen LogP contribution in [0.1, 0.15) is 17.0 Å². The zero-order chi connectivity index (χ0) is 14.7. The van der Waals surface area contributed by atoms with Crippen LogP contribution in [0.25, 0.3) is 0 Å². The number of hydrogen-bond acceptors (Lipinski definition) is 4. The maximum Gasteiger partial charge on any atom is 0.173 e. The number of nitrogens with zero attached hydrogens (tertiary/aromatic N) is 3. The van der Waals surface area contributed by atoms with Gasteiger partial charge in [0.1, 0.15) is 12.4 Å². The Morgan fingerprint density at radius 3 is 2.80 bits per heavy atom. The second kappa shape index (κ2) is 5.83. The van der Waals surface area contributed by atoms with Crippen LogP contribution in [0.3, 0.4) is 0 Å². The molecule has 6 nitrogen and oxygen atoms in total. The van der Waals surface area contributed by atoms with E-state index in [1.807, 2.05) is 6.92 Å². The molecule has 0 aliphatic rings. The molecule has 0 unspecified atom stereocenters. The molecule has 1 heterocycles. The van der Waals surface area contributed by atoms with Gasteiger partial charge in [-0.25, -0.2) is 0 Å². The first-order valence-corrected chi connectivity index (χ1v) is 6.30. The Morgan fingerprint density at radius 2 is 2.20 bits per heavy atom. The van der Waals surface area contributed by atoms with Gasteiger partial charge in [-0.1, -0.05) is 28.9 Å². The summed E-state index contributed by atoms with van der Waals surface area (Å²) in [5.41, 5.74) is 7.63. The van der Waals surface area contributed by atoms with E-state index in [1.54, 1.807) is 36.0 Å². The van der Waals surface area contributed by atoms with Crippen LogP contribution >= 0.6 is 11.6 Å². The fourth-order valence-corrected chi connectivity index (χ4v) is 2.06. The lowest BCUT2D eigenvalue weighted by Crippen LogP contribution is -2.15. The number of oxime groups is 1. The minimum atomic E-state index is -0.00659. The van der Waals surface area contributed by atoms with Gasteiger partial charge < -0.3 is 15.7 Å². The quantitative estimate of drug-likeness (QED) is 0.391. The second-order valence-corrected chi connectivity index (χ2v) is 4.62. The lowest BCUT2D eigenvalue weighted by Gasteiger charge is -2.10. The zero-order valence-corrected chi connectivity index (χ0v) is 11.9. The molecule has 0 aliphatic heterocycles. The van der Waals surface area contributed by atoms with Crippen LogP contribution in [0, 0.1) is 6.92 Å². The van der Waals surface area contributed by atoms with Gasteiger partial charge in [0, 0.05) is 7.05 Å². The molecular weight excluding hydrogens is 280 g/mol. The van der Waals surface area contributed by atoms with E-state index in [9.17, 15) is 0 Å². The number of para-hydroxylation sites is 1. The van der Waals surface area contributed by atoms with E-state index in [0.717, 1.165) is 11.4 Å². The molecule has 7 heteroatoms. The van der Waals surface area contributed by atoms with Gasteiger partial charge in [-0.3, -0.25) is 4.68 Å². The van der Waals surface area contributed by atoms with Crippen molar-refractivity contribution in [2.75, 3.05) is 0 Å². The maximum absolute atomic E-state index is 8.76. The molecule has 0 atom stereocenters. The molecule has 0 saturated carbocycles. The third-order valence-electron chi connectivity index (χ3n) is 2.90. The third kappa shape index (κ3) is 2.70. The number of ether oxygens (including phenoxy) is 1. The predicted molar refractivity (Wildman–Crippen MR) is 76.2 cm³/mol. The number of benzene rings is 1. The maximum atomic E-state index is 8.76. The van der Waals surface area contributed by atoms with Crippen molar-refractivity contribution < 1.29 is 9.94 Å². The number of aromatic nitrogens is 2. The van der Waals surface area contributed by atoms with Gasteiger partial charge >= 0.3 is 0 Å². The van der Waals surface area contributed by atoms with Gasteiger partial charge in [-0.15, -0.1) is 0 Å². The van der Waals surface area contributed by atoms with Crippen LogP contribution in [-0.2, 0) is 13.7 Å². The number of hydrogen-bond donors (Lipinski definition) is 2. The first-order valence-electron chi connectivity index (χ1n) is 5.92. The number of halogens is 1. The van der Waals surface area contributed by atoms with E-state index in [4.69, 9.17) is 27.3 Å². The Bertz CT molecular complexity index is 652. The van der Waals surface area contributed by atoms with E-state index in [0.29, 0.717) is 16.3 Å². The van der Waals surface area contributed by atoms with E-state index in [1.165, 1.54) is 0 Å². The summed E-state index contributed by atoms with van der Waals surface area (Å²) in [6.07, 6.45) is 0. The van der Waals surface area contributed by atoms with E-state index in [-0.39, 0.29) is 12.4 Å². The summed E-state index contributed by atoms with van der Waals surface area (Å²) in [6, 6.07) is 7.03. The highest BCUT2D eigenvalue weighted by molar-refractivity contribution is 6.31. The first-order chi connectivity index (χ1) is 9.54. The molecule has 0 radical (unpaired) electrons. The van der Waals surface area contributed by atoms with E-state index in [2.05, 4.69) is 10.3 Å². The lowest BCUT2D eigenvalue weighted by atomic mass is 10.2. The molecular formula is C13H15ClN4O2. The average molecular weight is 295 g/mol. The molecule has 1 aromatic carbocycles. The summed E-state index contributed by atoms with van der Waals surface area (Å²) < 4.78 is 7.37. The normalized spacial score (nSPS) is 11.7. The molecule has 3 N–H and O–H groups in total. The van der Waals surface area contributed by atoms with Gasteiger partial charge in [0.15, 0.2) is 5.84 Å². The fourth-order valence-electron chi connectivity index (χ4n) is 1.84. The number of nitrogens with two attached hydrogens (primary N) is 1. The molecule has 2 rings (SSSR count). The Balaban J connectivity index is 2.24. The van der Waals surface area contributed by atoms with Crippen LogP contribution in [-0.4, -0.2) is 20.8 Å². The van der Waals surface area contributed by atoms with Gasteiger partial charge in [0.2, 0.25) is 0 Å². The predicted octanol–water partition coefficient (Wildman–Crippen LogP) is 2.06. The number of rotatable bonds is 4. The Kier molecular flexibility index (Phi) is 4.14. The summed E-state index contributed by atoms with van der Waals surface area (Å²) in [5, 5.41) is 16.5. The molecule has 0 saturated heterocycles. The van der Waals surface area contributed by atoms with Crippen molar-refractivity contribution in [1.29, 1.82) is 0 Å². The van der Waals surface area contributed by atoms with Crippen LogP contribution in [0.5, 0.6) is 5.75 Å². The highest BCUT2D eigenvalue weighted by Crippen LogP contribution is 2.23. The smallest absolute Gasteiger partial charge is 0.173 e. The van der Waals surface area contributed by atoms with Crippen molar-refractivity contribution in [1.82, 2.24) is 9.78 Å². The molecule has 106 valence electrons.